The zero-order chi connectivity index (χ0) is 17.9. The molecule has 1 saturated heterocycles. The lowest BCUT2D eigenvalue weighted by Crippen LogP contribution is -2.37. The van der Waals surface area contributed by atoms with Crippen molar-refractivity contribution in [3.05, 3.63) is 48.8 Å². The summed E-state index contributed by atoms with van der Waals surface area (Å²) in [5.41, 5.74) is 1.58. The summed E-state index contributed by atoms with van der Waals surface area (Å²) < 4.78 is 25.5. The average molecular weight is 358 g/mol. The van der Waals surface area contributed by atoms with Gasteiger partial charge in [0.1, 0.15) is 0 Å². The van der Waals surface area contributed by atoms with E-state index in [-0.39, 0.29) is 5.25 Å². The Morgan fingerprint density at radius 1 is 1.16 bits per heavy atom. The second kappa shape index (κ2) is 7.33. The number of aromatic nitrogens is 2. The summed E-state index contributed by atoms with van der Waals surface area (Å²) in [5, 5.41) is 2.77. The first-order valence-corrected chi connectivity index (χ1v) is 9.77. The van der Waals surface area contributed by atoms with Crippen molar-refractivity contribution in [2.75, 3.05) is 25.5 Å². The summed E-state index contributed by atoms with van der Waals surface area (Å²) in [7, 11) is -1.26. The Labute approximate surface area is 148 Å². The van der Waals surface area contributed by atoms with Gasteiger partial charge in [-0.15, -0.1) is 0 Å². The fourth-order valence-electron chi connectivity index (χ4n) is 2.85. The van der Waals surface area contributed by atoms with Crippen molar-refractivity contribution in [3.8, 4) is 0 Å². The largest absolute Gasteiger partial charge is 0.324 e. The minimum Gasteiger partial charge on any atom is -0.324 e. The molecular formula is C18H22N4O2S. The number of hydrogen-bond acceptors (Lipinski definition) is 6. The highest BCUT2D eigenvalue weighted by molar-refractivity contribution is 7.92. The molecule has 25 heavy (non-hydrogen) atoms. The SMILES string of the molecule is C=Cc1cnc(Nc2ccc(S(=O)(=O)C3CCN(C)CC3)cc2)nc1. The molecule has 132 valence electrons. The van der Waals surface area contributed by atoms with Gasteiger partial charge in [0.2, 0.25) is 5.95 Å². The molecule has 0 radical (unpaired) electrons. The third-order valence-electron chi connectivity index (χ3n) is 4.45. The molecule has 0 bridgehead atoms. The number of benzene rings is 1. The van der Waals surface area contributed by atoms with Gasteiger partial charge in [-0.1, -0.05) is 12.7 Å². The zero-order valence-corrected chi connectivity index (χ0v) is 15.0. The standard InChI is InChI=1S/C18H22N4O2S/c1-3-14-12-19-18(20-13-14)21-15-4-6-16(7-5-15)25(23,24)17-8-10-22(2)11-9-17/h3-7,12-13,17H,1,8-11H2,2H3,(H,19,20,21). The third-order valence-corrected chi connectivity index (χ3v) is 6.73. The van der Waals surface area contributed by atoms with Crippen molar-refractivity contribution in [3.63, 3.8) is 0 Å². The van der Waals surface area contributed by atoms with Crippen LogP contribution < -0.4 is 5.32 Å². The lowest BCUT2D eigenvalue weighted by Gasteiger charge is -2.28. The van der Waals surface area contributed by atoms with Crippen LogP contribution in [0.3, 0.4) is 0 Å². The Balaban J connectivity index is 1.71. The van der Waals surface area contributed by atoms with Crippen LogP contribution in [0.1, 0.15) is 18.4 Å². The lowest BCUT2D eigenvalue weighted by atomic mass is 10.1. The van der Waals surface area contributed by atoms with Gasteiger partial charge >= 0.3 is 0 Å². The number of sulfone groups is 1. The van der Waals surface area contributed by atoms with Gasteiger partial charge in [0.25, 0.3) is 0 Å². The van der Waals surface area contributed by atoms with E-state index in [1.54, 1.807) is 42.7 Å². The first-order chi connectivity index (χ1) is 12.0. The Hall–Kier alpha value is -2.25. The Morgan fingerprint density at radius 3 is 2.32 bits per heavy atom. The number of piperidine rings is 1. The van der Waals surface area contributed by atoms with E-state index in [0.29, 0.717) is 23.7 Å². The molecule has 1 fully saturated rings. The fourth-order valence-corrected chi connectivity index (χ4v) is 4.58. The van der Waals surface area contributed by atoms with Crippen LogP contribution in [0.2, 0.25) is 0 Å². The van der Waals surface area contributed by atoms with E-state index in [1.807, 2.05) is 7.05 Å². The first kappa shape index (κ1) is 17.6. The molecule has 6 nitrogen and oxygen atoms in total. The first-order valence-electron chi connectivity index (χ1n) is 8.23. The van der Waals surface area contributed by atoms with Gasteiger partial charge in [-0.05, 0) is 57.2 Å². The summed E-state index contributed by atoms with van der Waals surface area (Å²) in [6.45, 7) is 5.30. The van der Waals surface area contributed by atoms with E-state index in [2.05, 4.69) is 26.8 Å². The van der Waals surface area contributed by atoms with Gasteiger partial charge in [-0.25, -0.2) is 18.4 Å². The second-order valence-electron chi connectivity index (χ2n) is 6.24. The van der Waals surface area contributed by atoms with Gasteiger partial charge < -0.3 is 10.2 Å². The van der Waals surface area contributed by atoms with Gasteiger partial charge in [0.05, 0.1) is 10.1 Å². The molecular weight excluding hydrogens is 336 g/mol. The molecule has 0 aliphatic carbocycles. The van der Waals surface area contributed by atoms with E-state index in [4.69, 9.17) is 0 Å². The number of nitrogens with one attached hydrogen (secondary N) is 1. The highest BCUT2D eigenvalue weighted by Crippen LogP contribution is 2.25. The number of nitrogens with zero attached hydrogens (tertiary/aromatic N) is 3. The normalized spacial score (nSPS) is 16.5. The van der Waals surface area contributed by atoms with E-state index in [1.165, 1.54) is 0 Å². The predicted molar refractivity (Wildman–Crippen MR) is 99.6 cm³/mol. The summed E-state index contributed by atoms with van der Waals surface area (Å²) in [5.74, 6) is 0.455. The molecule has 1 aromatic heterocycles. The van der Waals surface area contributed by atoms with Crippen molar-refractivity contribution >= 4 is 27.5 Å². The van der Waals surface area contributed by atoms with Crippen LogP contribution >= 0.6 is 0 Å². The van der Waals surface area contributed by atoms with Crippen LogP contribution in [0, 0.1) is 0 Å². The Bertz CT molecular complexity index is 824. The quantitative estimate of drug-likeness (QED) is 0.886. The topological polar surface area (TPSA) is 75.2 Å². The van der Waals surface area contributed by atoms with Gasteiger partial charge in [-0.2, -0.15) is 0 Å². The van der Waals surface area contributed by atoms with E-state index >= 15 is 0 Å². The van der Waals surface area contributed by atoms with Crippen molar-refractivity contribution < 1.29 is 8.42 Å². The maximum atomic E-state index is 12.8. The zero-order valence-electron chi connectivity index (χ0n) is 14.2. The van der Waals surface area contributed by atoms with Crippen molar-refractivity contribution in [1.82, 2.24) is 14.9 Å². The molecule has 7 heteroatoms. The van der Waals surface area contributed by atoms with Gasteiger partial charge in [0, 0.05) is 23.6 Å². The molecule has 1 aromatic carbocycles. The molecule has 2 aromatic rings. The van der Waals surface area contributed by atoms with Crippen LogP contribution in [-0.4, -0.2) is 48.7 Å². The smallest absolute Gasteiger partial charge is 0.227 e. The number of rotatable bonds is 5. The molecule has 2 heterocycles. The number of anilines is 2. The summed E-state index contributed by atoms with van der Waals surface area (Å²) in [6.07, 6.45) is 6.37. The fraction of sp³-hybridized carbons (Fsp3) is 0.333. The Kier molecular flexibility index (Phi) is 5.15. The summed E-state index contributed by atoms with van der Waals surface area (Å²) in [6, 6.07) is 6.78. The minimum absolute atomic E-state index is 0.294. The molecule has 0 unspecified atom stereocenters. The van der Waals surface area contributed by atoms with Gasteiger partial charge in [-0.3, -0.25) is 0 Å². The summed E-state index contributed by atoms with van der Waals surface area (Å²) >= 11 is 0. The van der Waals surface area contributed by atoms with E-state index in [9.17, 15) is 8.42 Å². The van der Waals surface area contributed by atoms with Gasteiger partial charge in [0.15, 0.2) is 9.84 Å². The maximum absolute atomic E-state index is 12.8. The number of hydrogen-bond donors (Lipinski definition) is 1. The molecule has 0 saturated carbocycles. The van der Waals surface area contributed by atoms with Crippen LogP contribution in [-0.2, 0) is 9.84 Å². The predicted octanol–water partition coefficient (Wildman–Crippen LogP) is 2.73. The average Bonchev–Trinajstić information content (AvgIpc) is 2.63. The molecule has 0 atom stereocenters. The van der Waals surface area contributed by atoms with Crippen LogP contribution in [0.5, 0.6) is 0 Å². The molecule has 3 rings (SSSR count). The molecule has 0 spiro atoms. The monoisotopic (exact) mass is 358 g/mol. The van der Waals surface area contributed by atoms with E-state index < -0.39 is 9.84 Å². The van der Waals surface area contributed by atoms with Crippen molar-refractivity contribution in [2.24, 2.45) is 0 Å². The molecule has 1 aliphatic rings. The minimum atomic E-state index is -3.28. The van der Waals surface area contributed by atoms with Crippen LogP contribution in [0.25, 0.3) is 6.08 Å². The maximum Gasteiger partial charge on any atom is 0.227 e. The van der Waals surface area contributed by atoms with Crippen molar-refractivity contribution in [1.29, 1.82) is 0 Å². The molecule has 1 aliphatic heterocycles. The highest BCUT2D eigenvalue weighted by Gasteiger charge is 2.30. The number of likely N-dealkylation sites (tertiary alicyclic amines) is 1. The van der Waals surface area contributed by atoms with E-state index in [0.717, 1.165) is 24.3 Å². The summed E-state index contributed by atoms with van der Waals surface area (Å²) in [4.78, 5) is 10.9. The second-order valence-corrected chi connectivity index (χ2v) is 8.47. The van der Waals surface area contributed by atoms with Crippen LogP contribution in [0.4, 0.5) is 11.6 Å². The van der Waals surface area contributed by atoms with Crippen molar-refractivity contribution in [2.45, 2.75) is 23.0 Å². The van der Waals surface area contributed by atoms with Crippen LogP contribution in [0.15, 0.2) is 48.1 Å². The molecule has 1 N–H and O–H groups in total. The highest BCUT2D eigenvalue weighted by atomic mass is 32.2. The Morgan fingerprint density at radius 2 is 1.76 bits per heavy atom. The lowest BCUT2D eigenvalue weighted by molar-refractivity contribution is 0.277. The third kappa shape index (κ3) is 4.05. The molecule has 0 amide bonds.